The summed E-state index contributed by atoms with van der Waals surface area (Å²) in [4.78, 5) is 4.68. The number of nitrogens with zero attached hydrogens (tertiary/aromatic N) is 3. The van der Waals surface area contributed by atoms with Crippen LogP contribution in [0.25, 0.3) is 0 Å². The average Bonchev–Trinajstić information content (AvgIpc) is 2.95. The Balaban J connectivity index is 1.39. The highest BCUT2D eigenvalue weighted by atomic mass is 32.2. The lowest BCUT2D eigenvalue weighted by molar-refractivity contribution is 0.0376. The van der Waals surface area contributed by atoms with Gasteiger partial charge in [-0.15, -0.1) is 0 Å². The molecule has 39 heavy (non-hydrogen) atoms. The predicted octanol–water partition coefficient (Wildman–Crippen LogP) is 2.33. The molecule has 0 aliphatic carbocycles. The monoisotopic (exact) mass is 580 g/mol. The summed E-state index contributed by atoms with van der Waals surface area (Å²) >= 11 is 0. The number of hydrogen-bond donors (Lipinski definition) is 1. The molecule has 2 heterocycles. The summed E-state index contributed by atoms with van der Waals surface area (Å²) in [5.74, 6) is 0.868. The number of nitrogens with one attached hydrogen (secondary N) is 1. The fraction of sp³-hybridized carbons (Fsp3) is 0.556. The molecule has 2 saturated heterocycles. The second-order valence-corrected chi connectivity index (χ2v) is 13.9. The number of morpholine rings is 1. The van der Waals surface area contributed by atoms with Crippen LogP contribution in [0.4, 0.5) is 5.69 Å². The van der Waals surface area contributed by atoms with Crippen LogP contribution in [0.1, 0.15) is 31.7 Å². The second kappa shape index (κ2) is 13.0. The minimum atomic E-state index is -3.71. The van der Waals surface area contributed by atoms with Crippen LogP contribution >= 0.6 is 0 Å². The molecule has 216 valence electrons. The van der Waals surface area contributed by atoms with Crippen molar-refractivity contribution in [3.8, 4) is 5.75 Å². The first-order valence-corrected chi connectivity index (χ1v) is 16.4. The van der Waals surface area contributed by atoms with Gasteiger partial charge in [0.25, 0.3) is 0 Å². The van der Waals surface area contributed by atoms with E-state index in [1.54, 1.807) is 31.4 Å². The van der Waals surface area contributed by atoms with Gasteiger partial charge in [0.1, 0.15) is 5.75 Å². The fourth-order valence-electron chi connectivity index (χ4n) is 4.84. The van der Waals surface area contributed by atoms with Gasteiger partial charge in [-0.05, 0) is 54.8 Å². The molecule has 10 nitrogen and oxygen atoms in total. The van der Waals surface area contributed by atoms with E-state index < -0.39 is 20.0 Å². The van der Waals surface area contributed by atoms with Gasteiger partial charge in [-0.3, -0.25) is 4.90 Å². The largest absolute Gasteiger partial charge is 0.495 e. The number of hydrogen-bond acceptors (Lipinski definition) is 8. The fourth-order valence-corrected chi connectivity index (χ4v) is 7.36. The summed E-state index contributed by atoms with van der Waals surface area (Å²) in [6.07, 6.45) is 0.707. The Hall–Kier alpha value is -2.22. The van der Waals surface area contributed by atoms with E-state index in [0.717, 1.165) is 25.2 Å². The van der Waals surface area contributed by atoms with Crippen molar-refractivity contribution in [1.82, 2.24) is 13.9 Å². The Morgan fingerprint density at radius 2 is 1.54 bits per heavy atom. The molecule has 2 aromatic rings. The summed E-state index contributed by atoms with van der Waals surface area (Å²) in [6.45, 7) is 9.86. The maximum absolute atomic E-state index is 13.2. The quantitative estimate of drug-likeness (QED) is 0.404. The van der Waals surface area contributed by atoms with Crippen LogP contribution in [0.15, 0.2) is 52.3 Å². The van der Waals surface area contributed by atoms with Gasteiger partial charge in [-0.1, -0.05) is 26.0 Å². The van der Waals surface area contributed by atoms with E-state index in [1.165, 1.54) is 10.4 Å². The standard InChI is InChI=1S/C27H40N4O6S2/c1-22(2)23-5-7-24(8-6-23)39(34,35)31-15-13-30(14-16-31)26-21-25(9-10-27(26)36-3)38(32,33)28-11-4-12-29-17-19-37-20-18-29/h5-10,21-22,28H,4,11-20H2,1-3H3. The highest BCUT2D eigenvalue weighted by Gasteiger charge is 2.30. The molecule has 0 amide bonds. The molecule has 1 N–H and O–H groups in total. The van der Waals surface area contributed by atoms with E-state index in [-0.39, 0.29) is 22.9 Å². The van der Waals surface area contributed by atoms with Gasteiger partial charge in [0.15, 0.2) is 0 Å². The minimum absolute atomic E-state index is 0.157. The third-order valence-corrected chi connectivity index (χ3v) is 10.6. The average molecular weight is 581 g/mol. The van der Waals surface area contributed by atoms with Crippen molar-refractivity contribution in [2.75, 3.05) is 77.6 Å². The van der Waals surface area contributed by atoms with Crippen molar-refractivity contribution >= 4 is 25.7 Å². The lowest BCUT2D eigenvalue weighted by atomic mass is 10.0. The van der Waals surface area contributed by atoms with Crippen LogP contribution in [0.2, 0.25) is 0 Å². The molecule has 0 unspecified atom stereocenters. The third kappa shape index (κ3) is 7.30. The molecule has 4 rings (SSSR count). The summed E-state index contributed by atoms with van der Waals surface area (Å²) in [5.41, 5.74) is 1.72. The molecule has 2 aromatic carbocycles. The van der Waals surface area contributed by atoms with Crippen LogP contribution in [0.5, 0.6) is 5.75 Å². The van der Waals surface area contributed by atoms with Crippen LogP contribution < -0.4 is 14.4 Å². The number of ether oxygens (including phenoxy) is 2. The van der Waals surface area contributed by atoms with E-state index in [1.807, 2.05) is 17.0 Å². The maximum Gasteiger partial charge on any atom is 0.243 e. The SMILES string of the molecule is COc1ccc(S(=O)(=O)NCCCN2CCOCC2)cc1N1CCN(S(=O)(=O)c2ccc(C(C)C)cc2)CC1. The van der Waals surface area contributed by atoms with E-state index in [2.05, 4.69) is 23.5 Å². The molecule has 12 heteroatoms. The highest BCUT2D eigenvalue weighted by Crippen LogP contribution is 2.32. The molecular formula is C27H40N4O6S2. The highest BCUT2D eigenvalue weighted by molar-refractivity contribution is 7.89. The van der Waals surface area contributed by atoms with Crippen LogP contribution in [-0.2, 0) is 24.8 Å². The molecule has 0 aromatic heterocycles. The lowest BCUT2D eigenvalue weighted by Crippen LogP contribution is -2.48. The van der Waals surface area contributed by atoms with Gasteiger partial charge in [0, 0.05) is 45.8 Å². The zero-order valence-corrected chi connectivity index (χ0v) is 24.6. The first-order chi connectivity index (χ1) is 18.6. The molecule has 0 bridgehead atoms. The Kier molecular flexibility index (Phi) is 9.89. The van der Waals surface area contributed by atoms with Crippen molar-refractivity contribution < 1.29 is 26.3 Å². The normalized spacial score (nSPS) is 18.0. The van der Waals surface area contributed by atoms with Crippen molar-refractivity contribution in [3.05, 3.63) is 48.0 Å². The first kappa shape index (κ1) is 29.8. The van der Waals surface area contributed by atoms with Crippen molar-refractivity contribution in [1.29, 1.82) is 0 Å². The van der Waals surface area contributed by atoms with E-state index in [9.17, 15) is 16.8 Å². The summed E-state index contributed by atoms with van der Waals surface area (Å²) in [7, 11) is -5.79. The van der Waals surface area contributed by atoms with Gasteiger partial charge >= 0.3 is 0 Å². The smallest absolute Gasteiger partial charge is 0.243 e. The molecule has 0 saturated carbocycles. The maximum atomic E-state index is 13.2. The molecule has 0 spiro atoms. The van der Waals surface area contributed by atoms with Crippen LogP contribution in [0, 0.1) is 0 Å². The van der Waals surface area contributed by atoms with Gasteiger partial charge in [-0.25, -0.2) is 21.6 Å². The minimum Gasteiger partial charge on any atom is -0.495 e. The zero-order valence-electron chi connectivity index (χ0n) is 23.0. The Labute approximate surface area is 233 Å². The van der Waals surface area contributed by atoms with Gasteiger partial charge in [-0.2, -0.15) is 4.31 Å². The summed E-state index contributed by atoms with van der Waals surface area (Å²) in [5, 5.41) is 0. The van der Waals surface area contributed by atoms with Gasteiger partial charge in [0.2, 0.25) is 20.0 Å². The molecule has 2 aliphatic heterocycles. The van der Waals surface area contributed by atoms with Gasteiger partial charge < -0.3 is 14.4 Å². The Bertz CT molecular complexity index is 1300. The molecule has 0 radical (unpaired) electrons. The van der Waals surface area contributed by atoms with E-state index >= 15 is 0 Å². The molecule has 2 fully saturated rings. The second-order valence-electron chi connectivity index (χ2n) is 10.2. The van der Waals surface area contributed by atoms with Crippen molar-refractivity contribution in [3.63, 3.8) is 0 Å². The molecule has 2 aliphatic rings. The van der Waals surface area contributed by atoms with E-state index in [4.69, 9.17) is 9.47 Å². The molecular weight excluding hydrogens is 540 g/mol. The summed E-state index contributed by atoms with van der Waals surface area (Å²) < 4.78 is 67.6. The number of anilines is 1. The van der Waals surface area contributed by atoms with Crippen LogP contribution in [0.3, 0.4) is 0 Å². The Morgan fingerprint density at radius 1 is 0.897 bits per heavy atom. The Morgan fingerprint density at radius 3 is 2.15 bits per heavy atom. The number of rotatable bonds is 11. The number of piperazine rings is 1. The first-order valence-electron chi connectivity index (χ1n) is 13.4. The topological polar surface area (TPSA) is 108 Å². The molecule has 0 atom stereocenters. The van der Waals surface area contributed by atoms with Gasteiger partial charge in [0.05, 0.1) is 35.8 Å². The predicted molar refractivity (Wildman–Crippen MR) is 152 cm³/mol. The van der Waals surface area contributed by atoms with Crippen LogP contribution in [-0.4, -0.2) is 98.7 Å². The summed E-state index contributed by atoms with van der Waals surface area (Å²) in [6, 6.07) is 11.9. The lowest BCUT2D eigenvalue weighted by Gasteiger charge is -2.36. The van der Waals surface area contributed by atoms with Crippen molar-refractivity contribution in [2.45, 2.75) is 36.0 Å². The number of sulfonamides is 2. The zero-order chi connectivity index (χ0) is 28.0. The number of methoxy groups -OCH3 is 1. The third-order valence-electron chi connectivity index (χ3n) is 7.27. The van der Waals surface area contributed by atoms with E-state index in [0.29, 0.717) is 56.6 Å². The van der Waals surface area contributed by atoms with Crippen molar-refractivity contribution in [2.24, 2.45) is 0 Å². The number of benzene rings is 2.